The van der Waals surface area contributed by atoms with E-state index < -0.39 is 0 Å². The fourth-order valence-electron chi connectivity index (χ4n) is 6.86. The molecule has 9 rings (SSSR count). The molecule has 0 saturated heterocycles. The number of aromatic nitrogens is 3. The van der Waals surface area contributed by atoms with Gasteiger partial charge in [-0.15, -0.1) is 0 Å². The molecule has 3 heteroatoms. The quantitative estimate of drug-likeness (QED) is 0.219. The van der Waals surface area contributed by atoms with E-state index in [9.17, 15) is 0 Å². The van der Waals surface area contributed by atoms with Gasteiger partial charge in [0.1, 0.15) is 0 Å². The fourth-order valence-corrected chi connectivity index (χ4v) is 6.86. The van der Waals surface area contributed by atoms with Gasteiger partial charge in [0.05, 0.1) is 27.6 Å². The van der Waals surface area contributed by atoms with Crippen molar-refractivity contribution >= 4 is 65.4 Å². The highest BCUT2D eigenvalue weighted by molar-refractivity contribution is 6.13. The van der Waals surface area contributed by atoms with Crippen LogP contribution >= 0.6 is 0 Å². The fraction of sp³-hybridized carbons (Fsp3) is 0.0270. The van der Waals surface area contributed by atoms with Crippen LogP contribution in [0.4, 0.5) is 0 Å². The zero-order valence-electron chi connectivity index (χ0n) is 22.0. The molecule has 0 N–H and O–H groups in total. The Morgan fingerprint density at radius 3 is 1.20 bits per heavy atom. The second-order valence-corrected chi connectivity index (χ2v) is 10.7. The molecule has 0 aliphatic carbocycles. The molecule has 0 amide bonds. The summed E-state index contributed by atoms with van der Waals surface area (Å²) in [6.07, 6.45) is 0. The summed E-state index contributed by atoms with van der Waals surface area (Å²) in [6, 6.07) is 48.7. The molecule has 0 aliphatic rings. The number of para-hydroxylation sites is 4. The minimum Gasteiger partial charge on any atom is -0.344 e. The molecule has 188 valence electrons. The van der Waals surface area contributed by atoms with Crippen LogP contribution in [0.15, 0.2) is 133 Å². The molecule has 3 nitrogen and oxygen atoms in total. The van der Waals surface area contributed by atoms with Crippen LogP contribution in [0.2, 0.25) is 0 Å². The van der Waals surface area contributed by atoms with Crippen molar-refractivity contribution < 1.29 is 0 Å². The normalized spacial score (nSPS) is 12.1. The Labute approximate surface area is 230 Å². The van der Waals surface area contributed by atoms with Gasteiger partial charge in [-0.1, -0.05) is 84.9 Å². The van der Waals surface area contributed by atoms with Crippen molar-refractivity contribution in [1.82, 2.24) is 13.7 Å². The Morgan fingerprint density at radius 1 is 0.325 bits per heavy atom. The molecule has 6 aromatic carbocycles. The molecule has 0 aliphatic heterocycles. The Morgan fingerprint density at radius 2 is 0.675 bits per heavy atom. The first-order valence-corrected chi connectivity index (χ1v) is 13.8. The van der Waals surface area contributed by atoms with Crippen LogP contribution in [0.3, 0.4) is 0 Å². The van der Waals surface area contributed by atoms with Gasteiger partial charge in [0, 0.05) is 56.3 Å². The van der Waals surface area contributed by atoms with Crippen molar-refractivity contribution in [3.63, 3.8) is 0 Å². The van der Waals surface area contributed by atoms with Crippen LogP contribution in [0.1, 0.15) is 0 Å². The minimum atomic E-state index is 1.17. The number of benzene rings is 6. The van der Waals surface area contributed by atoms with Gasteiger partial charge in [-0.2, -0.15) is 0 Å². The lowest BCUT2D eigenvalue weighted by Gasteiger charge is -2.12. The van der Waals surface area contributed by atoms with Crippen LogP contribution in [0.25, 0.3) is 76.8 Å². The van der Waals surface area contributed by atoms with Crippen molar-refractivity contribution in [3.8, 4) is 11.4 Å². The Hall–Kier alpha value is -5.28. The summed E-state index contributed by atoms with van der Waals surface area (Å²) >= 11 is 0. The summed E-state index contributed by atoms with van der Waals surface area (Å²) in [7, 11) is 2.17. The predicted molar refractivity (Wildman–Crippen MR) is 169 cm³/mol. The summed E-state index contributed by atoms with van der Waals surface area (Å²) in [5.41, 5.74) is 9.70. The molecule has 0 spiro atoms. The van der Waals surface area contributed by atoms with E-state index in [1.807, 2.05) is 0 Å². The first-order valence-electron chi connectivity index (χ1n) is 13.8. The van der Waals surface area contributed by atoms with Gasteiger partial charge in [0.25, 0.3) is 0 Å². The molecule has 3 heterocycles. The Bertz CT molecular complexity index is 2390. The van der Waals surface area contributed by atoms with Gasteiger partial charge in [0.2, 0.25) is 0 Å². The molecule has 0 unspecified atom stereocenters. The van der Waals surface area contributed by atoms with Gasteiger partial charge in [-0.25, -0.2) is 0 Å². The molecule has 0 bridgehead atoms. The lowest BCUT2D eigenvalue weighted by molar-refractivity contribution is 1.01. The average Bonchev–Trinajstić information content (AvgIpc) is 3.62. The molecule has 0 radical (unpaired) electrons. The van der Waals surface area contributed by atoms with Crippen LogP contribution in [0.5, 0.6) is 0 Å². The lowest BCUT2D eigenvalue weighted by atomic mass is 10.1. The number of rotatable bonds is 2. The average molecular weight is 512 g/mol. The summed E-state index contributed by atoms with van der Waals surface area (Å²) in [5.74, 6) is 0. The van der Waals surface area contributed by atoms with Gasteiger partial charge < -0.3 is 13.7 Å². The number of hydrogen-bond donors (Lipinski definition) is 0. The van der Waals surface area contributed by atoms with Gasteiger partial charge in [0.15, 0.2) is 0 Å². The zero-order valence-corrected chi connectivity index (χ0v) is 22.0. The molecule has 40 heavy (non-hydrogen) atoms. The van der Waals surface area contributed by atoms with Gasteiger partial charge in [-0.3, -0.25) is 0 Å². The number of hydrogen-bond acceptors (Lipinski definition) is 0. The summed E-state index contributed by atoms with van der Waals surface area (Å²) in [5, 5.41) is 7.66. The maximum Gasteiger partial charge on any atom is 0.0561 e. The second kappa shape index (κ2) is 7.87. The van der Waals surface area contributed by atoms with Gasteiger partial charge >= 0.3 is 0 Å². The highest BCUT2D eigenvalue weighted by Crippen LogP contribution is 2.38. The van der Waals surface area contributed by atoms with Crippen LogP contribution in [-0.2, 0) is 7.05 Å². The van der Waals surface area contributed by atoms with Crippen LogP contribution in [-0.4, -0.2) is 13.7 Å². The maximum atomic E-state index is 2.43. The van der Waals surface area contributed by atoms with Gasteiger partial charge in [-0.05, 0) is 48.5 Å². The lowest BCUT2D eigenvalue weighted by Crippen LogP contribution is -1.97. The van der Waals surface area contributed by atoms with Crippen molar-refractivity contribution in [2.75, 3.05) is 0 Å². The second-order valence-electron chi connectivity index (χ2n) is 10.7. The largest absolute Gasteiger partial charge is 0.344 e. The molecule has 3 aromatic heterocycles. The van der Waals surface area contributed by atoms with E-state index in [-0.39, 0.29) is 0 Å². The highest BCUT2D eigenvalue weighted by Gasteiger charge is 2.17. The van der Waals surface area contributed by atoms with Crippen molar-refractivity contribution in [2.24, 2.45) is 7.05 Å². The first-order chi connectivity index (χ1) is 19.8. The predicted octanol–water partition coefficient (Wildman–Crippen LogP) is 9.53. The molecule has 0 saturated carbocycles. The summed E-state index contributed by atoms with van der Waals surface area (Å²) in [4.78, 5) is 0. The van der Waals surface area contributed by atoms with Crippen LogP contribution < -0.4 is 0 Å². The van der Waals surface area contributed by atoms with E-state index in [1.54, 1.807) is 0 Å². The number of nitrogens with zero attached hydrogens (tertiary/aromatic N) is 3. The van der Waals surface area contributed by atoms with Crippen molar-refractivity contribution in [1.29, 1.82) is 0 Å². The Balaban J connectivity index is 1.37. The summed E-state index contributed by atoms with van der Waals surface area (Å²) in [6.45, 7) is 0. The molecule has 0 fully saturated rings. The maximum absolute atomic E-state index is 2.43. The smallest absolute Gasteiger partial charge is 0.0561 e. The minimum absolute atomic E-state index is 1.17. The number of aryl methyl sites for hydroxylation is 1. The highest BCUT2D eigenvalue weighted by atomic mass is 15.0. The molecule has 9 aromatic rings. The van der Waals surface area contributed by atoms with E-state index >= 15 is 0 Å². The van der Waals surface area contributed by atoms with E-state index in [2.05, 4.69) is 154 Å². The van der Waals surface area contributed by atoms with Crippen molar-refractivity contribution in [3.05, 3.63) is 133 Å². The van der Waals surface area contributed by atoms with Crippen LogP contribution in [0, 0.1) is 0 Å². The molecular weight excluding hydrogens is 486 g/mol. The first kappa shape index (κ1) is 21.6. The Kier molecular flexibility index (Phi) is 4.26. The summed E-state index contributed by atoms with van der Waals surface area (Å²) < 4.78 is 7.14. The van der Waals surface area contributed by atoms with E-state index in [0.717, 1.165) is 0 Å². The SMILES string of the molecule is Cn1c2ccccc2c2ccc(-n3c4ccccc4c4ccc(-n5c6ccccc6c6ccccc65)cc43)cc21. The molecular formula is C37H25N3. The standard InChI is InChI=1S/C37H25N3/c1-38-32-14-6-2-10-26(32)30-20-18-24(22-36(30)38)40-35-17-9-5-13-29(35)31-21-19-25(23-37(31)40)39-33-15-7-3-11-27(33)28-12-4-8-16-34(28)39/h2-23H,1H3. The third kappa shape index (κ3) is 2.79. The molecule has 0 atom stereocenters. The monoisotopic (exact) mass is 511 g/mol. The third-order valence-corrected chi connectivity index (χ3v) is 8.65. The van der Waals surface area contributed by atoms with E-state index in [4.69, 9.17) is 0 Å². The third-order valence-electron chi connectivity index (χ3n) is 8.65. The van der Waals surface area contributed by atoms with E-state index in [0.29, 0.717) is 0 Å². The van der Waals surface area contributed by atoms with Crippen molar-refractivity contribution in [2.45, 2.75) is 0 Å². The topological polar surface area (TPSA) is 14.8 Å². The zero-order chi connectivity index (χ0) is 26.4. The van der Waals surface area contributed by atoms with E-state index in [1.165, 1.54) is 76.8 Å². The number of fused-ring (bicyclic) bond motifs is 9.